The summed E-state index contributed by atoms with van der Waals surface area (Å²) in [5.74, 6) is 0.503. The number of hydrogen-bond donors (Lipinski definition) is 0. The van der Waals surface area contributed by atoms with E-state index in [0.29, 0.717) is 43.5 Å². The molecule has 2 saturated heterocycles. The minimum atomic E-state index is -3.86. The lowest BCUT2D eigenvalue weighted by molar-refractivity contribution is -0.131. The number of aryl methyl sites for hydroxylation is 1. The maximum Gasteiger partial charge on any atom is 0.243 e. The van der Waals surface area contributed by atoms with Gasteiger partial charge in [-0.1, -0.05) is 47.5 Å². The van der Waals surface area contributed by atoms with Crippen LogP contribution in [0.2, 0.25) is 5.02 Å². The van der Waals surface area contributed by atoms with Crippen LogP contribution in [0.1, 0.15) is 18.4 Å². The Balaban J connectivity index is 1.23. The van der Waals surface area contributed by atoms with E-state index in [1.807, 2.05) is 43.3 Å². The van der Waals surface area contributed by atoms with Crippen molar-refractivity contribution in [1.29, 1.82) is 0 Å². The van der Waals surface area contributed by atoms with Gasteiger partial charge in [0.05, 0.1) is 28.3 Å². The van der Waals surface area contributed by atoms with Crippen molar-refractivity contribution in [2.24, 2.45) is 0 Å². The highest BCUT2D eigenvalue weighted by atomic mass is 35.5. The quantitative estimate of drug-likeness (QED) is 0.409. The summed E-state index contributed by atoms with van der Waals surface area (Å²) < 4.78 is 34.0. The average molecular weight is 570 g/mol. The number of aromatic nitrogens is 2. The Morgan fingerprint density at radius 2 is 1.77 bits per heavy atom. The highest BCUT2D eigenvalue weighted by molar-refractivity contribution is 7.89. The van der Waals surface area contributed by atoms with E-state index >= 15 is 0 Å². The zero-order valence-electron chi connectivity index (χ0n) is 21.9. The van der Waals surface area contributed by atoms with Crippen LogP contribution in [0.4, 0.5) is 5.82 Å². The first-order valence-electron chi connectivity index (χ1n) is 13.1. The van der Waals surface area contributed by atoms with Gasteiger partial charge >= 0.3 is 0 Å². The van der Waals surface area contributed by atoms with Gasteiger partial charge in [-0.3, -0.25) is 4.79 Å². The first-order valence-corrected chi connectivity index (χ1v) is 14.9. The Morgan fingerprint density at radius 1 is 1.03 bits per heavy atom. The van der Waals surface area contributed by atoms with Gasteiger partial charge in [0.2, 0.25) is 15.9 Å². The van der Waals surface area contributed by atoms with E-state index < -0.39 is 10.0 Å². The highest BCUT2D eigenvalue weighted by Gasteiger charge is 2.33. The van der Waals surface area contributed by atoms with E-state index in [1.54, 1.807) is 29.2 Å². The molecule has 5 rings (SSSR count). The molecular formula is C28H32ClN5O4S. The molecule has 0 radical (unpaired) electrons. The van der Waals surface area contributed by atoms with E-state index in [-0.39, 0.29) is 30.0 Å². The first kappa shape index (κ1) is 27.5. The Kier molecular flexibility index (Phi) is 8.46. The zero-order chi connectivity index (χ0) is 27.4. The van der Waals surface area contributed by atoms with Crippen molar-refractivity contribution in [1.82, 2.24) is 19.4 Å². The molecule has 0 saturated carbocycles. The Morgan fingerprint density at radius 3 is 2.41 bits per heavy atom. The normalized spacial score (nSPS) is 18.1. The predicted octanol–water partition coefficient (Wildman–Crippen LogP) is 3.62. The summed E-state index contributed by atoms with van der Waals surface area (Å²) >= 11 is 6.28. The summed E-state index contributed by atoms with van der Waals surface area (Å²) in [7, 11) is -3.86. The lowest BCUT2D eigenvalue weighted by atomic mass is 10.1. The molecule has 0 bridgehead atoms. The molecule has 206 valence electrons. The SMILES string of the molecule is Cc1ccc(S(=O)(=O)N(CC(=O)N2CCN(c3ccc(-c4ccccc4Cl)nn3)CC2)CC2CCCO2)cc1. The molecular weight excluding hydrogens is 538 g/mol. The molecule has 3 heterocycles. The standard InChI is InChI=1S/C28H32ClN5O4S/c1-21-8-10-23(11-9-21)39(36,37)34(19-22-5-4-18-38-22)20-28(35)33-16-14-32(15-17-33)27-13-12-26(30-31-27)24-6-2-3-7-25(24)29/h2-3,6-13,22H,4-5,14-20H2,1H3. The van der Waals surface area contributed by atoms with E-state index in [0.717, 1.165) is 29.8 Å². The number of halogens is 1. The largest absolute Gasteiger partial charge is 0.377 e. The second-order valence-corrected chi connectivity index (χ2v) is 12.2. The number of amides is 1. The fraction of sp³-hybridized carbons (Fsp3) is 0.393. The number of piperazine rings is 1. The lowest BCUT2D eigenvalue weighted by Crippen LogP contribution is -2.52. The van der Waals surface area contributed by atoms with Crippen LogP contribution in [0.25, 0.3) is 11.3 Å². The molecule has 9 nitrogen and oxygen atoms in total. The first-order chi connectivity index (χ1) is 18.8. The number of nitrogens with zero attached hydrogens (tertiary/aromatic N) is 5. The molecule has 1 atom stereocenters. The third-order valence-electron chi connectivity index (χ3n) is 7.16. The third kappa shape index (κ3) is 6.41. The maximum atomic E-state index is 13.5. The number of benzene rings is 2. The van der Waals surface area contributed by atoms with Gasteiger partial charge in [0.1, 0.15) is 0 Å². The summed E-state index contributed by atoms with van der Waals surface area (Å²) in [5.41, 5.74) is 2.48. The Bertz CT molecular complexity index is 1390. The molecule has 2 aliphatic heterocycles. The van der Waals surface area contributed by atoms with Crippen molar-refractivity contribution < 1.29 is 17.9 Å². The molecule has 2 fully saturated rings. The number of carbonyl (C=O) groups excluding carboxylic acids is 1. The minimum absolute atomic E-state index is 0.162. The number of rotatable bonds is 8. The van der Waals surface area contributed by atoms with Crippen molar-refractivity contribution >= 4 is 33.3 Å². The van der Waals surface area contributed by atoms with Crippen molar-refractivity contribution in [3.05, 3.63) is 71.2 Å². The van der Waals surface area contributed by atoms with Crippen LogP contribution in [0, 0.1) is 6.92 Å². The highest BCUT2D eigenvalue weighted by Crippen LogP contribution is 2.26. The molecule has 1 amide bonds. The predicted molar refractivity (Wildman–Crippen MR) is 150 cm³/mol. The summed E-state index contributed by atoms with van der Waals surface area (Å²) in [4.78, 5) is 17.3. The molecule has 11 heteroatoms. The number of ether oxygens (including phenoxy) is 1. The van der Waals surface area contributed by atoms with Gasteiger partial charge in [-0.05, 0) is 50.1 Å². The lowest BCUT2D eigenvalue weighted by Gasteiger charge is -2.36. The molecule has 2 aliphatic rings. The molecule has 1 aromatic heterocycles. The molecule has 2 aromatic carbocycles. The van der Waals surface area contributed by atoms with Crippen LogP contribution in [-0.2, 0) is 19.6 Å². The van der Waals surface area contributed by atoms with Crippen LogP contribution in [0.5, 0.6) is 0 Å². The molecule has 39 heavy (non-hydrogen) atoms. The van der Waals surface area contributed by atoms with Gasteiger partial charge in [-0.15, -0.1) is 10.2 Å². The number of hydrogen-bond acceptors (Lipinski definition) is 7. The van der Waals surface area contributed by atoms with Gasteiger partial charge in [-0.2, -0.15) is 4.31 Å². The van der Waals surface area contributed by atoms with Crippen LogP contribution in [-0.4, -0.2) is 85.7 Å². The zero-order valence-corrected chi connectivity index (χ0v) is 23.4. The summed E-state index contributed by atoms with van der Waals surface area (Å²) in [6, 6.07) is 18.0. The smallest absolute Gasteiger partial charge is 0.243 e. The second-order valence-electron chi connectivity index (χ2n) is 9.87. The fourth-order valence-electron chi connectivity index (χ4n) is 4.86. The summed E-state index contributed by atoms with van der Waals surface area (Å²) in [6.45, 7) is 4.53. The summed E-state index contributed by atoms with van der Waals surface area (Å²) in [6.07, 6.45) is 1.46. The van der Waals surface area contributed by atoms with Gasteiger partial charge in [0, 0.05) is 44.9 Å². The van der Waals surface area contributed by atoms with E-state index in [4.69, 9.17) is 16.3 Å². The van der Waals surface area contributed by atoms with E-state index in [1.165, 1.54) is 4.31 Å². The van der Waals surface area contributed by atoms with Gasteiger partial charge < -0.3 is 14.5 Å². The minimum Gasteiger partial charge on any atom is -0.377 e. The topological polar surface area (TPSA) is 95.9 Å². The molecule has 1 unspecified atom stereocenters. The average Bonchev–Trinajstić information content (AvgIpc) is 3.47. The van der Waals surface area contributed by atoms with Crippen molar-refractivity contribution in [2.45, 2.75) is 30.8 Å². The number of sulfonamides is 1. The maximum absolute atomic E-state index is 13.5. The molecule has 0 aliphatic carbocycles. The molecule has 3 aromatic rings. The van der Waals surface area contributed by atoms with E-state index in [9.17, 15) is 13.2 Å². The molecule has 0 spiro atoms. The Labute approximate surface area is 234 Å². The van der Waals surface area contributed by atoms with Gasteiger partial charge in [0.25, 0.3) is 0 Å². The molecule has 0 N–H and O–H groups in total. The monoisotopic (exact) mass is 569 g/mol. The second kappa shape index (κ2) is 12.0. The van der Waals surface area contributed by atoms with Crippen LogP contribution in [0.15, 0.2) is 65.6 Å². The number of anilines is 1. The van der Waals surface area contributed by atoms with Crippen molar-refractivity contribution in [3.63, 3.8) is 0 Å². The Hall–Kier alpha value is -3.05. The number of carbonyl (C=O) groups is 1. The van der Waals surface area contributed by atoms with Crippen molar-refractivity contribution in [3.8, 4) is 11.3 Å². The van der Waals surface area contributed by atoms with Crippen molar-refractivity contribution in [2.75, 3.05) is 50.8 Å². The summed E-state index contributed by atoms with van der Waals surface area (Å²) in [5, 5.41) is 9.34. The fourth-order valence-corrected chi connectivity index (χ4v) is 6.52. The van der Waals surface area contributed by atoms with Crippen LogP contribution >= 0.6 is 11.6 Å². The van der Waals surface area contributed by atoms with Gasteiger partial charge in [0.15, 0.2) is 5.82 Å². The van der Waals surface area contributed by atoms with E-state index in [2.05, 4.69) is 15.1 Å². The van der Waals surface area contributed by atoms with Crippen LogP contribution < -0.4 is 4.90 Å². The van der Waals surface area contributed by atoms with Crippen LogP contribution in [0.3, 0.4) is 0 Å². The van der Waals surface area contributed by atoms with Gasteiger partial charge in [-0.25, -0.2) is 8.42 Å². The third-order valence-corrected chi connectivity index (χ3v) is 9.31.